The highest BCUT2D eigenvalue weighted by Gasteiger charge is 2.40. The smallest absolute Gasteiger partial charge is 0.235 e. The number of ether oxygens (including phenoxy) is 1. The molecule has 1 saturated carbocycles. The van der Waals surface area contributed by atoms with E-state index in [-0.39, 0.29) is 5.75 Å². The molecule has 0 aromatic heterocycles. The molecule has 5 heteroatoms. The minimum absolute atomic E-state index is 0.0538. The predicted molar refractivity (Wildman–Crippen MR) is 66.0 cm³/mol. The molecule has 1 aliphatic carbocycles. The molecule has 0 unspecified atom stereocenters. The first-order chi connectivity index (χ1) is 8.13. The zero-order valence-corrected chi connectivity index (χ0v) is 11.0. The largest absolute Gasteiger partial charge is 0.504 e. The molecule has 0 aliphatic heterocycles. The summed E-state index contributed by atoms with van der Waals surface area (Å²) in [5.41, 5.74) is 0.287. The van der Waals surface area contributed by atoms with Crippen LogP contribution in [-0.4, -0.2) is 18.3 Å². The summed E-state index contributed by atoms with van der Waals surface area (Å²) in [4.78, 5) is 14.4. The first-order valence-electron chi connectivity index (χ1n) is 5.29. The van der Waals surface area contributed by atoms with Gasteiger partial charge in [-0.25, -0.2) is 4.79 Å². The van der Waals surface area contributed by atoms with Gasteiger partial charge in [-0.2, -0.15) is 4.99 Å². The maximum absolute atomic E-state index is 10.5. The Labute approximate surface area is 107 Å². The Morgan fingerprint density at radius 3 is 2.71 bits per heavy atom. The SMILES string of the molecule is COc1cc(Br)c(C2(N=C=O)CCC2)cc1O. The Hall–Kier alpha value is -1.32. The second-order valence-corrected chi connectivity index (χ2v) is 4.95. The molecule has 0 amide bonds. The number of aliphatic imine (C=N–C) groups is 1. The highest BCUT2D eigenvalue weighted by molar-refractivity contribution is 9.10. The van der Waals surface area contributed by atoms with Crippen molar-refractivity contribution in [2.75, 3.05) is 7.11 Å². The Morgan fingerprint density at radius 1 is 1.53 bits per heavy atom. The fourth-order valence-electron chi connectivity index (χ4n) is 2.10. The zero-order chi connectivity index (χ0) is 12.5. The summed E-state index contributed by atoms with van der Waals surface area (Å²) in [6.45, 7) is 0. The number of nitrogens with zero attached hydrogens (tertiary/aromatic N) is 1. The fraction of sp³-hybridized carbons (Fsp3) is 0.417. The van der Waals surface area contributed by atoms with Crippen LogP contribution in [0.4, 0.5) is 0 Å². The number of rotatable bonds is 3. The Bertz CT molecular complexity index is 491. The van der Waals surface area contributed by atoms with Gasteiger partial charge in [-0.3, -0.25) is 0 Å². The average Bonchev–Trinajstić information content (AvgIpc) is 2.26. The molecule has 4 nitrogen and oxygen atoms in total. The lowest BCUT2D eigenvalue weighted by Crippen LogP contribution is -2.32. The average molecular weight is 298 g/mol. The van der Waals surface area contributed by atoms with Crippen molar-refractivity contribution in [2.45, 2.75) is 24.8 Å². The molecule has 1 aromatic rings. The topological polar surface area (TPSA) is 58.9 Å². The van der Waals surface area contributed by atoms with Crippen LogP contribution in [-0.2, 0) is 10.3 Å². The number of halogens is 1. The van der Waals surface area contributed by atoms with Gasteiger partial charge in [-0.15, -0.1) is 0 Å². The minimum atomic E-state index is -0.523. The van der Waals surface area contributed by atoms with Crippen molar-refractivity contribution in [1.82, 2.24) is 0 Å². The molecule has 0 radical (unpaired) electrons. The zero-order valence-electron chi connectivity index (χ0n) is 9.36. The summed E-state index contributed by atoms with van der Waals surface area (Å²) >= 11 is 3.42. The number of carbonyl (C=O) groups excluding carboxylic acids is 1. The summed E-state index contributed by atoms with van der Waals surface area (Å²) < 4.78 is 5.80. The van der Waals surface area contributed by atoms with Gasteiger partial charge in [0.05, 0.1) is 12.6 Å². The first-order valence-corrected chi connectivity index (χ1v) is 6.08. The van der Waals surface area contributed by atoms with E-state index in [1.54, 1.807) is 18.2 Å². The molecule has 90 valence electrons. The first kappa shape index (κ1) is 12.1. The summed E-state index contributed by atoms with van der Waals surface area (Å²) in [6.07, 6.45) is 4.24. The van der Waals surface area contributed by atoms with Crippen molar-refractivity contribution in [3.63, 3.8) is 0 Å². The summed E-state index contributed by atoms with van der Waals surface area (Å²) in [6, 6.07) is 3.29. The maximum atomic E-state index is 10.5. The predicted octanol–water partition coefficient (Wildman–Crippen LogP) is 2.88. The van der Waals surface area contributed by atoms with E-state index in [1.807, 2.05) is 0 Å². The van der Waals surface area contributed by atoms with Crippen LogP contribution < -0.4 is 4.74 Å². The van der Waals surface area contributed by atoms with Gasteiger partial charge >= 0.3 is 0 Å². The number of aromatic hydroxyl groups is 1. The van der Waals surface area contributed by atoms with Crippen LogP contribution >= 0.6 is 15.9 Å². The van der Waals surface area contributed by atoms with E-state index in [9.17, 15) is 9.90 Å². The molecule has 0 spiro atoms. The van der Waals surface area contributed by atoms with Gasteiger partial charge in [0, 0.05) is 4.47 Å². The molecule has 1 aromatic carbocycles. The van der Waals surface area contributed by atoms with Crippen molar-refractivity contribution in [1.29, 1.82) is 0 Å². The van der Waals surface area contributed by atoms with Crippen molar-refractivity contribution in [2.24, 2.45) is 4.99 Å². The molecule has 1 aliphatic rings. The number of isocyanates is 1. The van der Waals surface area contributed by atoms with Crippen molar-refractivity contribution in [3.05, 3.63) is 22.2 Å². The van der Waals surface area contributed by atoms with Gasteiger partial charge in [0.25, 0.3) is 0 Å². The van der Waals surface area contributed by atoms with Gasteiger partial charge in [-0.05, 0) is 37.0 Å². The van der Waals surface area contributed by atoms with E-state index in [1.165, 1.54) is 7.11 Å². The van der Waals surface area contributed by atoms with Crippen LogP contribution in [0.25, 0.3) is 0 Å². The van der Waals surface area contributed by atoms with Crippen LogP contribution in [0.3, 0.4) is 0 Å². The van der Waals surface area contributed by atoms with Crippen molar-refractivity contribution in [3.8, 4) is 11.5 Å². The molecule has 0 heterocycles. The van der Waals surface area contributed by atoms with Gasteiger partial charge in [0.1, 0.15) is 0 Å². The van der Waals surface area contributed by atoms with Crippen LogP contribution in [0, 0.1) is 0 Å². The lowest BCUT2D eigenvalue weighted by atomic mass is 9.72. The Balaban J connectivity index is 2.52. The van der Waals surface area contributed by atoms with Gasteiger partial charge in [0.2, 0.25) is 6.08 Å². The van der Waals surface area contributed by atoms with E-state index < -0.39 is 5.54 Å². The number of hydrogen-bond donors (Lipinski definition) is 1. The Morgan fingerprint density at radius 2 is 2.24 bits per heavy atom. The highest BCUT2D eigenvalue weighted by Crippen LogP contribution is 2.49. The second kappa shape index (κ2) is 4.51. The van der Waals surface area contributed by atoms with E-state index in [0.717, 1.165) is 29.3 Å². The van der Waals surface area contributed by atoms with E-state index >= 15 is 0 Å². The van der Waals surface area contributed by atoms with Gasteiger partial charge in [0.15, 0.2) is 11.5 Å². The van der Waals surface area contributed by atoms with Crippen LogP contribution in [0.1, 0.15) is 24.8 Å². The van der Waals surface area contributed by atoms with E-state index in [2.05, 4.69) is 20.9 Å². The highest BCUT2D eigenvalue weighted by atomic mass is 79.9. The van der Waals surface area contributed by atoms with Crippen LogP contribution in [0.5, 0.6) is 11.5 Å². The monoisotopic (exact) mass is 297 g/mol. The van der Waals surface area contributed by atoms with Gasteiger partial charge < -0.3 is 9.84 Å². The third-order valence-electron chi connectivity index (χ3n) is 3.21. The quantitative estimate of drug-likeness (QED) is 0.689. The molecule has 1 N–H and O–H groups in total. The molecule has 2 rings (SSSR count). The number of phenolic OH excluding ortho intramolecular Hbond substituents is 1. The van der Waals surface area contributed by atoms with Crippen LogP contribution in [0.15, 0.2) is 21.6 Å². The van der Waals surface area contributed by atoms with Crippen molar-refractivity contribution >= 4 is 22.0 Å². The third-order valence-corrected chi connectivity index (χ3v) is 3.87. The number of methoxy groups -OCH3 is 1. The van der Waals surface area contributed by atoms with Gasteiger partial charge in [-0.1, -0.05) is 15.9 Å². The number of hydrogen-bond acceptors (Lipinski definition) is 4. The summed E-state index contributed by atoms with van der Waals surface area (Å²) in [5.74, 6) is 0.447. The summed E-state index contributed by atoms with van der Waals surface area (Å²) in [7, 11) is 1.49. The maximum Gasteiger partial charge on any atom is 0.235 e. The molecule has 0 saturated heterocycles. The number of phenols is 1. The third kappa shape index (κ3) is 1.96. The molecular weight excluding hydrogens is 286 g/mol. The van der Waals surface area contributed by atoms with E-state index in [4.69, 9.17) is 4.74 Å². The summed E-state index contributed by atoms with van der Waals surface area (Å²) in [5, 5.41) is 9.78. The molecule has 1 fully saturated rings. The van der Waals surface area contributed by atoms with E-state index in [0.29, 0.717) is 5.75 Å². The lowest BCUT2D eigenvalue weighted by Gasteiger charge is -2.37. The Kier molecular flexibility index (Phi) is 3.22. The molecule has 0 atom stereocenters. The minimum Gasteiger partial charge on any atom is -0.504 e. The van der Waals surface area contributed by atoms with Crippen LogP contribution in [0.2, 0.25) is 0 Å². The van der Waals surface area contributed by atoms with Crippen molar-refractivity contribution < 1.29 is 14.6 Å². The normalized spacial score (nSPS) is 16.8. The number of benzene rings is 1. The standard InChI is InChI=1S/C12H12BrNO3/c1-17-11-6-9(13)8(5-10(11)16)12(14-7-15)3-2-4-12/h5-6,16H,2-4H2,1H3. The molecule has 17 heavy (non-hydrogen) atoms. The lowest BCUT2D eigenvalue weighted by molar-refractivity contribution is 0.253. The second-order valence-electron chi connectivity index (χ2n) is 4.09. The fourth-order valence-corrected chi connectivity index (χ4v) is 2.80. The molecule has 0 bridgehead atoms. The molecular formula is C12H12BrNO3.